The van der Waals surface area contributed by atoms with Crippen LogP contribution in [0.25, 0.3) is 11.1 Å². The first-order valence-electron chi connectivity index (χ1n) is 10.0. The van der Waals surface area contributed by atoms with Gasteiger partial charge in [-0.1, -0.05) is 55.5 Å². The van der Waals surface area contributed by atoms with E-state index in [9.17, 15) is 14.4 Å². The summed E-state index contributed by atoms with van der Waals surface area (Å²) in [5.74, 6) is -1.49. The van der Waals surface area contributed by atoms with E-state index in [1.54, 1.807) is 13.8 Å². The van der Waals surface area contributed by atoms with Crippen LogP contribution >= 0.6 is 0 Å². The van der Waals surface area contributed by atoms with Crippen LogP contribution in [0.2, 0.25) is 0 Å². The Morgan fingerprint density at radius 1 is 1.00 bits per heavy atom. The lowest BCUT2D eigenvalue weighted by molar-refractivity contribution is -0.137. The molecular formula is C23H26N2O5. The standard InChI is InChI=1S/C23H26N2O5/c1-3-20(22(28)24-14(2)12-21(26)27)25-23(29)30-13-19-17-10-6-4-8-15(17)16-9-5-7-11-18(16)19/h4-11,14,19-20H,3,12-13H2,1-2H3,(H,24,28)(H,25,29)(H,26,27)/t14-,20+/m1/s1. The summed E-state index contributed by atoms with van der Waals surface area (Å²) in [4.78, 5) is 35.4. The van der Waals surface area contributed by atoms with Gasteiger partial charge in [0.2, 0.25) is 5.91 Å². The maximum atomic E-state index is 12.4. The highest BCUT2D eigenvalue weighted by atomic mass is 16.5. The van der Waals surface area contributed by atoms with E-state index in [-0.39, 0.29) is 18.9 Å². The molecule has 3 rings (SSSR count). The fourth-order valence-electron chi connectivity index (χ4n) is 3.79. The largest absolute Gasteiger partial charge is 0.481 e. The molecule has 3 N–H and O–H groups in total. The summed E-state index contributed by atoms with van der Waals surface area (Å²) in [5, 5.41) is 14.0. The molecular weight excluding hydrogens is 384 g/mol. The number of benzene rings is 2. The second kappa shape index (κ2) is 9.43. The lowest BCUT2D eigenvalue weighted by atomic mass is 9.98. The number of hydrogen-bond donors (Lipinski definition) is 3. The van der Waals surface area contributed by atoms with E-state index in [1.165, 1.54) is 0 Å². The van der Waals surface area contributed by atoms with Gasteiger partial charge in [-0.2, -0.15) is 0 Å². The molecule has 0 bridgehead atoms. The Hall–Kier alpha value is -3.35. The highest BCUT2D eigenvalue weighted by molar-refractivity contribution is 5.86. The van der Waals surface area contributed by atoms with Gasteiger partial charge in [0.1, 0.15) is 12.6 Å². The minimum absolute atomic E-state index is 0.0624. The van der Waals surface area contributed by atoms with Crippen molar-refractivity contribution in [2.75, 3.05) is 6.61 Å². The molecule has 0 unspecified atom stereocenters. The number of carboxylic acids is 1. The molecule has 0 aromatic heterocycles. The fraction of sp³-hybridized carbons (Fsp3) is 0.348. The summed E-state index contributed by atoms with van der Waals surface area (Å²) in [7, 11) is 0. The third kappa shape index (κ3) is 4.79. The van der Waals surface area contributed by atoms with E-state index < -0.39 is 30.1 Å². The van der Waals surface area contributed by atoms with Gasteiger partial charge in [0, 0.05) is 12.0 Å². The third-order valence-corrected chi connectivity index (χ3v) is 5.23. The minimum atomic E-state index is -1.000. The van der Waals surface area contributed by atoms with Crippen molar-refractivity contribution in [2.45, 2.75) is 44.7 Å². The van der Waals surface area contributed by atoms with Gasteiger partial charge in [0.15, 0.2) is 0 Å². The van der Waals surface area contributed by atoms with Gasteiger partial charge < -0.3 is 20.5 Å². The molecule has 2 amide bonds. The van der Waals surface area contributed by atoms with E-state index in [4.69, 9.17) is 9.84 Å². The molecule has 0 fully saturated rings. The monoisotopic (exact) mass is 410 g/mol. The van der Waals surface area contributed by atoms with Crippen molar-refractivity contribution in [1.82, 2.24) is 10.6 Å². The molecule has 158 valence electrons. The predicted octanol–water partition coefficient (Wildman–Crippen LogP) is 3.28. The Morgan fingerprint density at radius 3 is 2.10 bits per heavy atom. The van der Waals surface area contributed by atoms with Gasteiger partial charge in [-0.3, -0.25) is 9.59 Å². The topological polar surface area (TPSA) is 105 Å². The second-order valence-corrected chi connectivity index (χ2v) is 7.44. The van der Waals surface area contributed by atoms with Crippen molar-refractivity contribution >= 4 is 18.0 Å². The lowest BCUT2D eigenvalue weighted by Gasteiger charge is -2.20. The Kier molecular flexibility index (Phi) is 6.72. The number of carbonyl (C=O) groups is 3. The van der Waals surface area contributed by atoms with Crippen molar-refractivity contribution in [3.63, 3.8) is 0 Å². The molecule has 0 radical (unpaired) electrons. The van der Waals surface area contributed by atoms with Crippen LogP contribution in [0.15, 0.2) is 48.5 Å². The number of rotatable bonds is 8. The molecule has 30 heavy (non-hydrogen) atoms. The Bertz CT molecular complexity index is 897. The van der Waals surface area contributed by atoms with Gasteiger partial charge in [-0.15, -0.1) is 0 Å². The summed E-state index contributed by atoms with van der Waals surface area (Å²) in [5.41, 5.74) is 4.50. The van der Waals surface area contributed by atoms with E-state index in [2.05, 4.69) is 22.8 Å². The zero-order valence-corrected chi connectivity index (χ0v) is 17.1. The summed E-state index contributed by atoms with van der Waals surface area (Å²) in [6, 6.07) is 14.8. The highest BCUT2D eigenvalue weighted by Gasteiger charge is 2.29. The average Bonchev–Trinajstić information content (AvgIpc) is 3.03. The molecule has 1 aliphatic rings. The molecule has 2 aromatic carbocycles. The normalized spacial score (nSPS) is 14.2. The number of carboxylic acid groups (broad SMARTS) is 1. The number of fused-ring (bicyclic) bond motifs is 3. The van der Waals surface area contributed by atoms with E-state index in [0.29, 0.717) is 6.42 Å². The fourth-order valence-corrected chi connectivity index (χ4v) is 3.79. The zero-order chi connectivity index (χ0) is 21.7. The smallest absolute Gasteiger partial charge is 0.407 e. The van der Waals surface area contributed by atoms with Crippen LogP contribution in [0.4, 0.5) is 4.79 Å². The first-order chi connectivity index (χ1) is 14.4. The Morgan fingerprint density at radius 2 is 1.57 bits per heavy atom. The van der Waals surface area contributed by atoms with Crippen LogP contribution in [-0.2, 0) is 14.3 Å². The second-order valence-electron chi connectivity index (χ2n) is 7.44. The van der Waals surface area contributed by atoms with Gasteiger partial charge in [-0.25, -0.2) is 4.79 Å². The Balaban J connectivity index is 1.60. The van der Waals surface area contributed by atoms with Crippen molar-refractivity contribution in [2.24, 2.45) is 0 Å². The molecule has 0 aliphatic heterocycles. The number of hydrogen-bond acceptors (Lipinski definition) is 4. The van der Waals surface area contributed by atoms with Crippen LogP contribution in [0, 0.1) is 0 Å². The van der Waals surface area contributed by atoms with Gasteiger partial charge in [0.25, 0.3) is 0 Å². The Labute approximate surface area is 175 Å². The van der Waals surface area contributed by atoms with E-state index in [0.717, 1.165) is 22.3 Å². The molecule has 7 heteroatoms. The molecule has 7 nitrogen and oxygen atoms in total. The van der Waals surface area contributed by atoms with Crippen LogP contribution in [0.5, 0.6) is 0 Å². The zero-order valence-electron chi connectivity index (χ0n) is 17.1. The predicted molar refractivity (Wildman–Crippen MR) is 112 cm³/mol. The molecule has 2 atom stereocenters. The van der Waals surface area contributed by atoms with Crippen molar-refractivity contribution in [1.29, 1.82) is 0 Å². The molecule has 2 aromatic rings. The van der Waals surface area contributed by atoms with E-state index in [1.807, 2.05) is 36.4 Å². The molecule has 0 heterocycles. The third-order valence-electron chi connectivity index (χ3n) is 5.23. The molecule has 0 saturated carbocycles. The van der Waals surface area contributed by atoms with Crippen molar-refractivity contribution < 1.29 is 24.2 Å². The quantitative estimate of drug-likeness (QED) is 0.619. The van der Waals surface area contributed by atoms with Gasteiger partial charge in [0.05, 0.1) is 6.42 Å². The van der Waals surface area contributed by atoms with Crippen LogP contribution in [0.1, 0.15) is 43.7 Å². The van der Waals surface area contributed by atoms with Gasteiger partial charge >= 0.3 is 12.1 Å². The highest BCUT2D eigenvalue weighted by Crippen LogP contribution is 2.44. The van der Waals surface area contributed by atoms with Crippen molar-refractivity contribution in [3.8, 4) is 11.1 Å². The van der Waals surface area contributed by atoms with E-state index >= 15 is 0 Å². The summed E-state index contributed by atoms with van der Waals surface area (Å²) < 4.78 is 5.47. The summed E-state index contributed by atoms with van der Waals surface area (Å²) in [6.07, 6.45) is -0.507. The maximum absolute atomic E-state index is 12.4. The van der Waals surface area contributed by atoms with Crippen molar-refractivity contribution in [3.05, 3.63) is 59.7 Å². The number of nitrogens with one attached hydrogen (secondary N) is 2. The lowest BCUT2D eigenvalue weighted by Crippen LogP contribution is -2.49. The van der Waals surface area contributed by atoms with Crippen LogP contribution in [0.3, 0.4) is 0 Å². The van der Waals surface area contributed by atoms with Crippen LogP contribution in [-0.4, -0.2) is 41.8 Å². The SMILES string of the molecule is CC[C@H](NC(=O)OCC1c2ccccc2-c2ccccc21)C(=O)N[C@H](C)CC(=O)O. The summed E-state index contributed by atoms with van der Waals surface area (Å²) >= 11 is 0. The number of carbonyl (C=O) groups excluding carboxylic acids is 2. The number of ether oxygens (including phenoxy) is 1. The first kappa shape index (κ1) is 21.4. The summed E-state index contributed by atoms with van der Waals surface area (Å²) in [6.45, 7) is 3.52. The van der Waals surface area contributed by atoms with Crippen LogP contribution < -0.4 is 10.6 Å². The number of alkyl carbamates (subject to hydrolysis) is 1. The molecule has 0 spiro atoms. The molecule has 1 aliphatic carbocycles. The first-order valence-corrected chi connectivity index (χ1v) is 10.0. The average molecular weight is 410 g/mol. The van der Waals surface area contributed by atoms with Gasteiger partial charge in [-0.05, 0) is 35.6 Å². The maximum Gasteiger partial charge on any atom is 0.407 e. The molecule has 0 saturated heterocycles. The number of amides is 2. The minimum Gasteiger partial charge on any atom is -0.481 e. The number of aliphatic carboxylic acids is 1.